The number of rotatable bonds is 6. The van der Waals surface area contributed by atoms with Gasteiger partial charge in [0, 0.05) is 6.54 Å². The summed E-state index contributed by atoms with van der Waals surface area (Å²) in [6.07, 6.45) is -3.82. The van der Waals surface area contributed by atoms with E-state index < -0.39 is 17.8 Å². The summed E-state index contributed by atoms with van der Waals surface area (Å²) in [5, 5.41) is 12.7. The molecule has 2 N–H and O–H groups in total. The molecule has 0 saturated carbocycles. The molecule has 0 fully saturated rings. The topological polar surface area (TPSA) is 32.3 Å². The van der Waals surface area contributed by atoms with Crippen molar-refractivity contribution in [2.75, 3.05) is 13.1 Å². The van der Waals surface area contributed by atoms with Crippen LogP contribution >= 0.6 is 0 Å². The summed E-state index contributed by atoms with van der Waals surface area (Å²) in [4.78, 5) is 0. The van der Waals surface area contributed by atoms with Gasteiger partial charge in [0.2, 0.25) is 0 Å². The van der Waals surface area contributed by atoms with Crippen LogP contribution in [0.15, 0.2) is 24.3 Å². The van der Waals surface area contributed by atoms with Gasteiger partial charge >= 0.3 is 6.18 Å². The number of aliphatic hydroxyl groups excluding tert-OH is 1. The Morgan fingerprint density at radius 3 is 2.67 bits per heavy atom. The minimum atomic E-state index is -4.33. The van der Waals surface area contributed by atoms with E-state index in [1.807, 2.05) is 6.92 Å². The Labute approximate surface area is 105 Å². The lowest BCUT2D eigenvalue weighted by Gasteiger charge is -2.13. The van der Waals surface area contributed by atoms with Gasteiger partial charge in [-0.05, 0) is 31.0 Å². The average molecular weight is 261 g/mol. The van der Waals surface area contributed by atoms with E-state index in [4.69, 9.17) is 0 Å². The Morgan fingerprint density at radius 2 is 2.06 bits per heavy atom. The minimum Gasteiger partial charge on any atom is -0.391 e. The maximum atomic E-state index is 12.5. The Hall–Kier alpha value is -1.07. The molecule has 1 unspecified atom stereocenters. The van der Waals surface area contributed by atoms with Crippen LogP contribution in [0.5, 0.6) is 0 Å². The Bertz CT molecular complexity index is 365. The molecule has 0 saturated heterocycles. The molecule has 1 atom stereocenters. The van der Waals surface area contributed by atoms with Gasteiger partial charge < -0.3 is 10.4 Å². The van der Waals surface area contributed by atoms with Gasteiger partial charge in [0.05, 0.1) is 11.7 Å². The molecule has 0 aliphatic rings. The number of nitrogens with one attached hydrogen (secondary N) is 1. The van der Waals surface area contributed by atoms with Crippen molar-refractivity contribution in [3.63, 3.8) is 0 Å². The van der Waals surface area contributed by atoms with Gasteiger partial charge in [0.25, 0.3) is 0 Å². The van der Waals surface area contributed by atoms with Gasteiger partial charge in [-0.15, -0.1) is 0 Å². The number of hydrogen-bond donors (Lipinski definition) is 2. The van der Waals surface area contributed by atoms with Crippen molar-refractivity contribution in [1.29, 1.82) is 0 Å². The van der Waals surface area contributed by atoms with Gasteiger partial charge in [-0.25, -0.2) is 0 Å². The third-order valence-electron chi connectivity index (χ3n) is 2.53. The fourth-order valence-electron chi connectivity index (χ4n) is 1.66. The Kier molecular flexibility index (Phi) is 5.62. The molecule has 0 amide bonds. The van der Waals surface area contributed by atoms with Crippen molar-refractivity contribution in [3.8, 4) is 0 Å². The molecule has 0 aliphatic heterocycles. The van der Waals surface area contributed by atoms with Crippen LogP contribution in [0.25, 0.3) is 0 Å². The third kappa shape index (κ3) is 5.06. The SMILES string of the molecule is CCCNCC(O)Cc1cccc(C(F)(F)F)c1. The maximum Gasteiger partial charge on any atom is 0.416 e. The van der Waals surface area contributed by atoms with Crippen LogP contribution in [0.3, 0.4) is 0 Å². The first kappa shape index (κ1) is 15.0. The highest BCUT2D eigenvalue weighted by Crippen LogP contribution is 2.29. The summed E-state index contributed by atoms with van der Waals surface area (Å²) < 4.78 is 37.4. The van der Waals surface area contributed by atoms with Crippen molar-refractivity contribution in [3.05, 3.63) is 35.4 Å². The highest BCUT2D eigenvalue weighted by Gasteiger charge is 2.30. The van der Waals surface area contributed by atoms with Crippen LogP contribution in [-0.2, 0) is 12.6 Å². The smallest absolute Gasteiger partial charge is 0.391 e. The second kappa shape index (κ2) is 6.75. The van der Waals surface area contributed by atoms with Gasteiger partial charge in [-0.3, -0.25) is 0 Å². The minimum absolute atomic E-state index is 0.223. The predicted molar refractivity (Wildman–Crippen MR) is 64.3 cm³/mol. The molecule has 5 heteroatoms. The van der Waals surface area contributed by atoms with E-state index in [2.05, 4.69) is 5.32 Å². The Morgan fingerprint density at radius 1 is 1.33 bits per heavy atom. The first-order valence-electron chi connectivity index (χ1n) is 5.98. The van der Waals surface area contributed by atoms with Crippen molar-refractivity contribution >= 4 is 0 Å². The van der Waals surface area contributed by atoms with Crippen LogP contribution in [0.1, 0.15) is 24.5 Å². The fourth-order valence-corrected chi connectivity index (χ4v) is 1.66. The van der Waals surface area contributed by atoms with E-state index in [0.717, 1.165) is 25.1 Å². The zero-order valence-electron chi connectivity index (χ0n) is 10.3. The summed E-state index contributed by atoms with van der Waals surface area (Å²) in [6.45, 7) is 3.19. The van der Waals surface area contributed by atoms with Crippen molar-refractivity contribution < 1.29 is 18.3 Å². The first-order chi connectivity index (χ1) is 8.43. The van der Waals surface area contributed by atoms with Gasteiger partial charge in [-0.1, -0.05) is 25.1 Å². The van der Waals surface area contributed by atoms with Crippen LogP contribution in [-0.4, -0.2) is 24.3 Å². The zero-order valence-corrected chi connectivity index (χ0v) is 10.3. The number of benzene rings is 1. The zero-order chi connectivity index (χ0) is 13.6. The van der Waals surface area contributed by atoms with Crippen molar-refractivity contribution in [1.82, 2.24) is 5.32 Å². The van der Waals surface area contributed by atoms with Crippen LogP contribution in [0.4, 0.5) is 13.2 Å². The largest absolute Gasteiger partial charge is 0.416 e. The quantitative estimate of drug-likeness (QED) is 0.771. The van der Waals surface area contributed by atoms with E-state index in [-0.39, 0.29) is 6.42 Å². The van der Waals surface area contributed by atoms with E-state index in [1.54, 1.807) is 6.07 Å². The summed E-state index contributed by atoms with van der Waals surface area (Å²) >= 11 is 0. The van der Waals surface area contributed by atoms with E-state index >= 15 is 0 Å². The monoisotopic (exact) mass is 261 g/mol. The first-order valence-corrected chi connectivity index (χ1v) is 5.98. The van der Waals surface area contributed by atoms with Gasteiger partial charge in [0.1, 0.15) is 0 Å². The van der Waals surface area contributed by atoms with E-state index in [1.165, 1.54) is 6.07 Å². The lowest BCUT2D eigenvalue weighted by Crippen LogP contribution is -2.28. The molecule has 2 nitrogen and oxygen atoms in total. The average Bonchev–Trinajstić information content (AvgIpc) is 2.28. The fraction of sp³-hybridized carbons (Fsp3) is 0.538. The summed E-state index contributed by atoms with van der Waals surface area (Å²) in [7, 11) is 0. The molecular formula is C13H18F3NO. The standard InChI is InChI=1S/C13H18F3NO/c1-2-6-17-9-12(18)8-10-4-3-5-11(7-10)13(14,15)16/h3-5,7,12,17-18H,2,6,8-9H2,1H3. The van der Waals surface area contributed by atoms with E-state index in [0.29, 0.717) is 12.1 Å². The summed E-state index contributed by atoms with van der Waals surface area (Å²) in [5.41, 5.74) is -0.177. The molecule has 0 aromatic heterocycles. The molecule has 0 spiro atoms. The molecule has 0 aliphatic carbocycles. The van der Waals surface area contributed by atoms with Crippen LogP contribution in [0.2, 0.25) is 0 Å². The van der Waals surface area contributed by atoms with Crippen molar-refractivity contribution in [2.45, 2.75) is 32.0 Å². The number of hydrogen-bond acceptors (Lipinski definition) is 2. The normalized spacial score (nSPS) is 13.6. The highest BCUT2D eigenvalue weighted by atomic mass is 19.4. The van der Waals surface area contributed by atoms with Crippen LogP contribution < -0.4 is 5.32 Å². The molecule has 0 radical (unpaired) electrons. The summed E-state index contributed by atoms with van der Waals surface area (Å²) in [5.74, 6) is 0. The summed E-state index contributed by atoms with van der Waals surface area (Å²) in [6, 6.07) is 5.08. The molecule has 1 aromatic carbocycles. The van der Waals surface area contributed by atoms with Gasteiger partial charge in [0.15, 0.2) is 0 Å². The second-order valence-electron chi connectivity index (χ2n) is 4.26. The third-order valence-corrected chi connectivity index (χ3v) is 2.53. The second-order valence-corrected chi connectivity index (χ2v) is 4.26. The lowest BCUT2D eigenvalue weighted by molar-refractivity contribution is -0.137. The molecular weight excluding hydrogens is 243 g/mol. The van der Waals surface area contributed by atoms with Crippen molar-refractivity contribution in [2.24, 2.45) is 0 Å². The van der Waals surface area contributed by atoms with Crippen LogP contribution in [0, 0.1) is 0 Å². The molecule has 0 heterocycles. The number of alkyl halides is 3. The lowest BCUT2D eigenvalue weighted by atomic mass is 10.0. The molecule has 1 rings (SSSR count). The highest BCUT2D eigenvalue weighted by molar-refractivity contribution is 5.26. The predicted octanol–water partition coefficient (Wildman–Crippen LogP) is 2.61. The van der Waals surface area contributed by atoms with E-state index in [9.17, 15) is 18.3 Å². The maximum absolute atomic E-state index is 12.5. The number of halogens is 3. The Balaban J connectivity index is 2.57. The molecule has 18 heavy (non-hydrogen) atoms. The van der Waals surface area contributed by atoms with Gasteiger partial charge in [-0.2, -0.15) is 13.2 Å². The molecule has 1 aromatic rings. The number of aliphatic hydroxyl groups is 1. The molecule has 0 bridgehead atoms. The molecule has 102 valence electrons.